The molecule has 2 aromatic carbocycles. The maximum atomic E-state index is 12.2. The van der Waals surface area contributed by atoms with E-state index in [1.165, 1.54) is 11.8 Å². The highest BCUT2D eigenvalue weighted by atomic mass is 32.2. The number of carbonyl (C=O) groups is 1. The van der Waals surface area contributed by atoms with Gasteiger partial charge in [-0.05, 0) is 48.5 Å². The number of aromatic amines is 1. The fraction of sp³-hybridized carbons (Fsp3) is 0.0500. The van der Waals surface area contributed by atoms with Gasteiger partial charge in [-0.2, -0.15) is 0 Å². The number of hydrogen-bond acceptors (Lipinski definition) is 5. The summed E-state index contributed by atoms with van der Waals surface area (Å²) >= 11 is 1.34. The highest BCUT2D eigenvalue weighted by Gasteiger charge is 2.08. The summed E-state index contributed by atoms with van der Waals surface area (Å²) in [5.41, 5.74) is 2.22. The number of anilines is 1. The van der Waals surface area contributed by atoms with Crippen LogP contribution in [-0.2, 0) is 4.79 Å². The predicted octanol–water partition coefficient (Wildman–Crippen LogP) is 4.48. The molecule has 2 N–H and O–H groups in total. The summed E-state index contributed by atoms with van der Waals surface area (Å²) in [6.07, 6.45) is 1.69. The monoisotopic (exact) mass is 376 g/mol. The Labute approximate surface area is 160 Å². The van der Waals surface area contributed by atoms with Crippen LogP contribution < -0.4 is 10.1 Å². The number of nitrogens with zero attached hydrogens (tertiary/aromatic N) is 2. The van der Waals surface area contributed by atoms with Crippen molar-refractivity contribution in [2.45, 2.75) is 5.16 Å². The third-order valence-corrected chi connectivity index (χ3v) is 4.57. The maximum Gasteiger partial charge on any atom is 0.234 e. The zero-order chi connectivity index (χ0) is 18.5. The Bertz CT molecular complexity index is 1020. The molecule has 6 nitrogen and oxygen atoms in total. The Morgan fingerprint density at radius 2 is 1.78 bits per heavy atom. The van der Waals surface area contributed by atoms with E-state index in [1.807, 2.05) is 66.7 Å². The molecular weight excluding hydrogens is 360 g/mol. The van der Waals surface area contributed by atoms with Crippen LogP contribution in [0.15, 0.2) is 78.1 Å². The minimum atomic E-state index is -0.106. The first-order chi connectivity index (χ1) is 13.3. The second kappa shape index (κ2) is 7.92. The van der Waals surface area contributed by atoms with Crippen molar-refractivity contribution in [3.05, 3.63) is 72.9 Å². The van der Waals surface area contributed by atoms with E-state index >= 15 is 0 Å². The fourth-order valence-electron chi connectivity index (χ4n) is 2.45. The van der Waals surface area contributed by atoms with E-state index in [1.54, 1.807) is 6.20 Å². The van der Waals surface area contributed by atoms with Gasteiger partial charge in [-0.3, -0.25) is 4.79 Å². The number of benzene rings is 2. The fourth-order valence-corrected chi connectivity index (χ4v) is 3.13. The summed E-state index contributed by atoms with van der Waals surface area (Å²) in [7, 11) is 0. The van der Waals surface area contributed by atoms with Gasteiger partial charge in [0, 0.05) is 11.9 Å². The number of amides is 1. The van der Waals surface area contributed by atoms with Gasteiger partial charge in [0.2, 0.25) is 5.91 Å². The number of imidazole rings is 1. The largest absolute Gasteiger partial charge is 0.457 e. The average molecular weight is 376 g/mol. The second-order valence-corrected chi connectivity index (χ2v) is 6.66. The number of H-pyrrole nitrogens is 1. The third-order valence-electron chi connectivity index (χ3n) is 3.69. The molecule has 0 saturated carbocycles. The summed E-state index contributed by atoms with van der Waals surface area (Å²) < 4.78 is 5.74. The number of para-hydroxylation sites is 1. The van der Waals surface area contributed by atoms with Gasteiger partial charge in [-0.1, -0.05) is 30.0 Å². The van der Waals surface area contributed by atoms with Crippen LogP contribution in [0.25, 0.3) is 11.2 Å². The molecule has 4 rings (SSSR count). The number of ether oxygens (including phenoxy) is 1. The smallest absolute Gasteiger partial charge is 0.234 e. The molecule has 0 radical (unpaired) electrons. The molecule has 0 atom stereocenters. The van der Waals surface area contributed by atoms with Crippen LogP contribution in [0.5, 0.6) is 11.5 Å². The molecule has 0 spiro atoms. The van der Waals surface area contributed by atoms with Crippen LogP contribution in [0.4, 0.5) is 5.69 Å². The molecule has 2 aromatic heterocycles. The van der Waals surface area contributed by atoms with Crippen molar-refractivity contribution in [1.29, 1.82) is 0 Å². The molecule has 0 aliphatic carbocycles. The normalized spacial score (nSPS) is 10.7. The lowest BCUT2D eigenvalue weighted by Gasteiger charge is -2.07. The second-order valence-electron chi connectivity index (χ2n) is 5.69. The molecule has 0 fully saturated rings. The zero-order valence-electron chi connectivity index (χ0n) is 14.3. The van der Waals surface area contributed by atoms with Crippen LogP contribution in [0.1, 0.15) is 0 Å². The molecule has 0 unspecified atom stereocenters. The number of fused-ring (bicyclic) bond motifs is 1. The standard InChI is InChI=1S/C20H16N4O2S/c25-18(13-27-20-23-17-7-4-12-21-19(17)24-20)22-14-8-10-16(11-9-14)26-15-5-2-1-3-6-15/h1-12H,13H2,(H,22,25)(H,21,23,24). The first-order valence-corrected chi connectivity index (χ1v) is 9.31. The van der Waals surface area contributed by atoms with E-state index in [0.29, 0.717) is 22.2 Å². The Morgan fingerprint density at radius 3 is 2.56 bits per heavy atom. The number of pyridine rings is 1. The highest BCUT2D eigenvalue weighted by Crippen LogP contribution is 2.23. The summed E-state index contributed by atoms with van der Waals surface area (Å²) in [4.78, 5) is 23.8. The lowest BCUT2D eigenvalue weighted by molar-refractivity contribution is -0.113. The van der Waals surface area contributed by atoms with Gasteiger partial charge in [-0.25, -0.2) is 9.97 Å². The van der Waals surface area contributed by atoms with Crippen LogP contribution in [0.2, 0.25) is 0 Å². The van der Waals surface area contributed by atoms with Gasteiger partial charge in [0.1, 0.15) is 11.5 Å². The molecule has 1 amide bonds. The van der Waals surface area contributed by atoms with Gasteiger partial charge in [0.15, 0.2) is 10.8 Å². The SMILES string of the molecule is O=C(CSc1nc2ncccc2[nH]1)Nc1ccc(Oc2ccccc2)cc1. The number of aromatic nitrogens is 3. The van der Waals surface area contributed by atoms with Gasteiger partial charge in [0.25, 0.3) is 0 Å². The van der Waals surface area contributed by atoms with Crippen LogP contribution in [0.3, 0.4) is 0 Å². The molecule has 0 aliphatic heterocycles. The van der Waals surface area contributed by atoms with Crippen molar-refractivity contribution in [3.8, 4) is 11.5 Å². The van der Waals surface area contributed by atoms with Crippen molar-refractivity contribution in [1.82, 2.24) is 15.0 Å². The molecule has 0 saturated heterocycles. The van der Waals surface area contributed by atoms with E-state index in [0.717, 1.165) is 11.3 Å². The lowest BCUT2D eigenvalue weighted by atomic mass is 10.3. The van der Waals surface area contributed by atoms with E-state index < -0.39 is 0 Å². The number of rotatable bonds is 6. The first kappa shape index (κ1) is 17.1. The predicted molar refractivity (Wildman–Crippen MR) is 106 cm³/mol. The van der Waals surface area contributed by atoms with E-state index in [9.17, 15) is 4.79 Å². The molecule has 4 aromatic rings. The van der Waals surface area contributed by atoms with Gasteiger partial charge in [-0.15, -0.1) is 0 Å². The van der Waals surface area contributed by atoms with Crippen molar-refractivity contribution in [2.24, 2.45) is 0 Å². The molecule has 7 heteroatoms. The molecule has 0 aliphatic rings. The Morgan fingerprint density at radius 1 is 1.00 bits per heavy atom. The highest BCUT2D eigenvalue weighted by molar-refractivity contribution is 7.99. The topological polar surface area (TPSA) is 79.9 Å². The van der Waals surface area contributed by atoms with E-state index in [-0.39, 0.29) is 11.7 Å². The molecule has 2 heterocycles. The minimum absolute atomic E-state index is 0.106. The third kappa shape index (κ3) is 4.45. The minimum Gasteiger partial charge on any atom is -0.457 e. The summed E-state index contributed by atoms with van der Waals surface area (Å²) in [5.74, 6) is 1.63. The van der Waals surface area contributed by atoms with Crippen molar-refractivity contribution in [3.63, 3.8) is 0 Å². The van der Waals surface area contributed by atoms with Crippen molar-refractivity contribution in [2.75, 3.05) is 11.1 Å². The Hall–Kier alpha value is -3.32. The zero-order valence-corrected chi connectivity index (χ0v) is 15.1. The van der Waals surface area contributed by atoms with Gasteiger partial charge in [0.05, 0.1) is 11.3 Å². The molecule has 134 valence electrons. The summed E-state index contributed by atoms with van der Waals surface area (Å²) in [5, 5.41) is 3.54. The Balaban J connectivity index is 1.31. The lowest BCUT2D eigenvalue weighted by Crippen LogP contribution is -2.13. The van der Waals surface area contributed by atoms with Gasteiger partial charge >= 0.3 is 0 Å². The molecule has 27 heavy (non-hydrogen) atoms. The molecular formula is C20H16N4O2S. The van der Waals surface area contributed by atoms with Crippen LogP contribution in [-0.4, -0.2) is 26.6 Å². The quantitative estimate of drug-likeness (QED) is 0.485. The summed E-state index contributed by atoms with van der Waals surface area (Å²) in [6, 6.07) is 20.6. The van der Waals surface area contributed by atoms with Crippen LogP contribution >= 0.6 is 11.8 Å². The van der Waals surface area contributed by atoms with E-state index in [2.05, 4.69) is 20.3 Å². The number of nitrogens with one attached hydrogen (secondary N) is 2. The number of hydrogen-bond donors (Lipinski definition) is 2. The van der Waals surface area contributed by atoms with Crippen LogP contribution in [0, 0.1) is 0 Å². The summed E-state index contributed by atoms with van der Waals surface area (Å²) in [6.45, 7) is 0. The number of carbonyl (C=O) groups excluding carboxylic acids is 1. The number of thioether (sulfide) groups is 1. The average Bonchev–Trinajstić information content (AvgIpc) is 3.12. The van der Waals surface area contributed by atoms with Crippen molar-refractivity contribution < 1.29 is 9.53 Å². The van der Waals surface area contributed by atoms with E-state index in [4.69, 9.17) is 4.74 Å². The van der Waals surface area contributed by atoms with Gasteiger partial charge < -0.3 is 15.0 Å². The first-order valence-electron chi connectivity index (χ1n) is 8.33. The molecule has 0 bridgehead atoms. The van der Waals surface area contributed by atoms with Crippen molar-refractivity contribution >= 4 is 34.5 Å². The Kier molecular flexibility index (Phi) is 5.02. The maximum absolute atomic E-state index is 12.2.